The lowest BCUT2D eigenvalue weighted by molar-refractivity contribution is 0.461. The Bertz CT molecular complexity index is 531. The molecule has 0 spiro atoms. The first-order valence-electron chi connectivity index (χ1n) is 5.14. The molecule has 0 aliphatic heterocycles. The SMILES string of the molecule is Cc1cc(Oc2ccc(CN)cc2Cl)ncn1. The number of aryl methyl sites for hydroxylation is 1. The lowest BCUT2D eigenvalue weighted by atomic mass is 10.2. The Morgan fingerprint density at radius 2 is 2.12 bits per heavy atom. The molecule has 4 nitrogen and oxygen atoms in total. The Kier molecular flexibility index (Phi) is 3.56. The van der Waals surface area contributed by atoms with E-state index in [2.05, 4.69) is 9.97 Å². The second-order valence-corrected chi connectivity index (χ2v) is 3.98. The summed E-state index contributed by atoms with van der Waals surface area (Å²) in [5.74, 6) is 1.03. The largest absolute Gasteiger partial charge is 0.437 e. The lowest BCUT2D eigenvalue weighted by Crippen LogP contribution is -1.96. The molecular formula is C12H12ClN3O. The van der Waals surface area contributed by atoms with Crippen molar-refractivity contribution in [3.63, 3.8) is 0 Å². The van der Waals surface area contributed by atoms with Gasteiger partial charge < -0.3 is 10.5 Å². The maximum Gasteiger partial charge on any atom is 0.222 e. The van der Waals surface area contributed by atoms with E-state index in [0.29, 0.717) is 23.2 Å². The van der Waals surface area contributed by atoms with E-state index in [4.69, 9.17) is 22.1 Å². The Labute approximate surface area is 104 Å². The number of rotatable bonds is 3. The van der Waals surface area contributed by atoms with Crippen LogP contribution in [0.5, 0.6) is 11.6 Å². The van der Waals surface area contributed by atoms with Gasteiger partial charge in [0.05, 0.1) is 5.02 Å². The van der Waals surface area contributed by atoms with Crippen LogP contribution < -0.4 is 10.5 Å². The molecule has 1 aromatic carbocycles. The maximum absolute atomic E-state index is 6.07. The highest BCUT2D eigenvalue weighted by atomic mass is 35.5. The number of halogens is 1. The summed E-state index contributed by atoms with van der Waals surface area (Å²) in [5, 5.41) is 0.518. The molecule has 17 heavy (non-hydrogen) atoms. The molecule has 5 heteroatoms. The molecule has 0 aliphatic rings. The van der Waals surface area contributed by atoms with E-state index < -0.39 is 0 Å². The van der Waals surface area contributed by atoms with E-state index in [1.807, 2.05) is 13.0 Å². The molecule has 2 rings (SSSR count). The van der Waals surface area contributed by atoms with E-state index in [0.717, 1.165) is 11.3 Å². The quantitative estimate of drug-likeness (QED) is 0.909. The van der Waals surface area contributed by atoms with Gasteiger partial charge in [-0.2, -0.15) is 0 Å². The summed E-state index contributed by atoms with van der Waals surface area (Å²) in [7, 11) is 0. The van der Waals surface area contributed by atoms with Crippen LogP contribution in [0.4, 0.5) is 0 Å². The van der Waals surface area contributed by atoms with Crippen molar-refractivity contribution < 1.29 is 4.74 Å². The second-order valence-electron chi connectivity index (χ2n) is 3.57. The van der Waals surface area contributed by atoms with Gasteiger partial charge in [-0.15, -0.1) is 0 Å². The molecule has 0 unspecified atom stereocenters. The van der Waals surface area contributed by atoms with Crippen molar-refractivity contribution in [2.75, 3.05) is 0 Å². The number of hydrogen-bond donors (Lipinski definition) is 1. The third kappa shape index (κ3) is 2.93. The summed E-state index contributed by atoms with van der Waals surface area (Å²) in [6.45, 7) is 2.32. The van der Waals surface area contributed by atoms with Gasteiger partial charge in [0.2, 0.25) is 5.88 Å². The molecule has 2 aromatic rings. The number of nitrogens with zero attached hydrogens (tertiary/aromatic N) is 2. The molecule has 0 aliphatic carbocycles. The van der Waals surface area contributed by atoms with Crippen LogP contribution in [-0.4, -0.2) is 9.97 Å². The van der Waals surface area contributed by atoms with Crippen molar-refractivity contribution in [3.8, 4) is 11.6 Å². The molecule has 0 atom stereocenters. The molecule has 0 radical (unpaired) electrons. The van der Waals surface area contributed by atoms with Crippen molar-refractivity contribution in [3.05, 3.63) is 46.9 Å². The van der Waals surface area contributed by atoms with Gasteiger partial charge >= 0.3 is 0 Å². The molecule has 0 amide bonds. The van der Waals surface area contributed by atoms with Crippen LogP contribution >= 0.6 is 11.6 Å². The summed E-state index contributed by atoms with van der Waals surface area (Å²) in [4.78, 5) is 7.99. The molecular weight excluding hydrogens is 238 g/mol. The fourth-order valence-corrected chi connectivity index (χ4v) is 1.59. The third-order valence-corrected chi connectivity index (χ3v) is 2.52. The fraction of sp³-hybridized carbons (Fsp3) is 0.167. The van der Waals surface area contributed by atoms with Crippen LogP contribution in [0.25, 0.3) is 0 Å². The lowest BCUT2D eigenvalue weighted by Gasteiger charge is -2.07. The summed E-state index contributed by atoms with van der Waals surface area (Å²) in [6.07, 6.45) is 1.45. The van der Waals surface area contributed by atoms with Gasteiger partial charge in [0, 0.05) is 18.3 Å². The van der Waals surface area contributed by atoms with Crippen molar-refractivity contribution in [1.82, 2.24) is 9.97 Å². The number of ether oxygens (including phenoxy) is 1. The number of benzene rings is 1. The van der Waals surface area contributed by atoms with Gasteiger partial charge in [0.15, 0.2) is 0 Å². The number of aromatic nitrogens is 2. The van der Waals surface area contributed by atoms with Gasteiger partial charge in [0.1, 0.15) is 12.1 Å². The number of hydrogen-bond acceptors (Lipinski definition) is 4. The van der Waals surface area contributed by atoms with Crippen LogP contribution in [0, 0.1) is 6.92 Å². The minimum Gasteiger partial charge on any atom is -0.437 e. The van der Waals surface area contributed by atoms with Crippen molar-refractivity contribution >= 4 is 11.6 Å². The molecule has 0 saturated carbocycles. The highest BCUT2D eigenvalue weighted by Crippen LogP contribution is 2.29. The smallest absolute Gasteiger partial charge is 0.222 e. The first kappa shape index (κ1) is 11.8. The van der Waals surface area contributed by atoms with Crippen LogP contribution in [0.2, 0.25) is 5.02 Å². The zero-order valence-electron chi connectivity index (χ0n) is 9.35. The minimum atomic E-state index is 0.451. The average Bonchev–Trinajstić information content (AvgIpc) is 2.32. The van der Waals surface area contributed by atoms with Crippen molar-refractivity contribution in [1.29, 1.82) is 0 Å². The molecule has 1 heterocycles. The maximum atomic E-state index is 6.07. The van der Waals surface area contributed by atoms with Gasteiger partial charge in [0.25, 0.3) is 0 Å². The summed E-state index contributed by atoms with van der Waals surface area (Å²) in [5.41, 5.74) is 7.32. The zero-order valence-corrected chi connectivity index (χ0v) is 10.1. The Morgan fingerprint density at radius 1 is 1.29 bits per heavy atom. The predicted molar refractivity (Wildman–Crippen MR) is 66.2 cm³/mol. The van der Waals surface area contributed by atoms with E-state index >= 15 is 0 Å². The van der Waals surface area contributed by atoms with Gasteiger partial charge in [-0.05, 0) is 24.6 Å². The normalized spacial score (nSPS) is 10.3. The molecule has 2 N–H and O–H groups in total. The highest BCUT2D eigenvalue weighted by molar-refractivity contribution is 6.32. The highest BCUT2D eigenvalue weighted by Gasteiger charge is 2.05. The molecule has 1 aromatic heterocycles. The Hall–Kier alpha value is -1.65. The fourth-order valence-electron chi connectivity index (χ4n) is 1.35. The molecule has 0 fully saturated rings. The first-order valence-corrected chi connectivity index (χ1v) is 5.52. The van der Waals surface area contributed by atoms with Crippen LogP contribution in [0.1, 0.15) is 11.3 Å². The third-order valence-electron chi connectivity index (χ3n) is 2.23. The van der Waals surface area contributed by atoms with Crippen LogP contribution in [-0.2, 0) is 6.54 Å². The Balaban J connectivity index is 2.24. The topological polar surface area (TPSA) is 61.0 Å². The second kappa shape index (κ2) is 5.12. The van der Waals surface area contributed by atoms with Gasteiger partial charge in [-0.1, -0.05) is 17.7 Å². The summed E-state index contributed by atoms with van der Waals surface area (Å²) in [6, 6.07) is 7.18. The van der Waals surface area contributed by atoms with Crippen LogP contribution in [0.3, 0.4) is 0 Å². The predicted octanol–water partition coefficient (Wildman–Crippen LogP) is 2.69. The van der Waals surface area contributed by atoms with Crippen molar-refractivity contribution in [2.45, 2.75) is 13.5 Å². The molecule has 0 bridgehead atoms. The standard InChI is InChI=1S/C12H12ClN3O/c1-8-4-12(16-7-15-8)17-11-3-2-9(6-14)5-10(11)13/h2-5,7H,6,14H2,1H3. The van der Waals surface area contributed by atoms with Gasteiger partial charge in [-0.25, -0.2) is 9.97 Å². The molecule has 0 saturated heterocycles. The van der Waals surface area contributed by atoms with Crippen LogP contribution in [0.15, 0.2) is 30.6 Å². The van der Waals surface area contributed by atoms with E-state index in [-0.39, 0.29) is 0 Å². The monoisotopic (exact) mass is 249 g/mol. The Morgan fingerprint density at radius 3 is 2.76 bits per heavy atom. The first-order chi connectivity index (χ1) is 8.19. The van der Waals surface area contributed by atoms with Crippen molar-refractivity contribution in [2.24, 2.45) is 5.73 Å². The van der Waals surface area contributed by atoms with E-state index in [1.54, 1.807) is 18.2 Å². The van der Waals surface area contributed by atoms with Gasteiger partial charge in [-0.3, -0.25) is 0 Å². The summed E-state index contributed by atoms with van der Waals surface area (Å²) >= 11 is 6.07. The zero-order chi connectivity index (χ0) is 12.3. The molecule has 88 valence electrons. The van der Waals surface area contributed by atoms with E-state index in [9.17, 15) is 0 Å². The average molecular weight is 250 g/mol. The number of nitrogens with two attached hydrogens (primary N) is 1. The summed E-state index contributed by atoms with van der Waals surface area (Å²) < 4.78 is 5.57. The minimum absolute atomic E-state index is 0.451. The van der Waals surface area contributed by atoms with E-state index in [1.165, 1.54) is 6.33 Å².